The summed E-state index contributed by atoms with van der Waals surface area (Å²) in [6.07, 6.45) is 4.26. The molecule has 0 N–H and O–H groups in total. The fourth-order valence-electron chi connectivity index (χ4n) is 3.64. The van der Waals surface area contributed by atoms with Crippen LogP contribution in [0.15, 0.2) is 54.7 Å². The number of benzene rings is 2. The lowest BCUT2D eigenvalue weighted by Crippen LogP contribution is -3.00. The maximum Gasteiger partial charge on any atom is 0.257 e. The summed E-state index contributed by atoms with van der Waals surface area (Å²) in [6, 6.07) is 16.0. The molecule has 1 aromatic heterocycles. The highest BCUT2D eigenvalue weighted by atomic mass is 79.9. The third kappa shape index (κ3) is 3.83. The Hall–Kier alpha value is -2.40. The highest BCUT2D eigenvalue weighted by Crippen LogP contribution is 2.25. The molecule has 0 fully saturated rings. The Morgan fingerprint density at radius 1 is 1.19 bits per heavy atom. The van der Waals surface area contributed by atoms with Crippen LogP contribution in [0.5, 0.6) is 5.75 Å². The van der Waals surface area contributed by atoms with Crippen molar-refractivity contribution in [1.29, 1.82) is 0 Å². The van der Waals surface area contributed by atoms with Gasteiger partial charge in [-0.15, -0.1) is 0 Å². The first-order valence-corrected chi connectivity index (χ1v) is 9.02. The van der Waals surface area contributed by atoms with Crippen molar-refractivity contribution in [2.45, 2.75) is 32.9 Å². The van der Waals surface area contributed by atoms with Gasteiger partial charge in [0.1, 0.15) is 11.9 Å². The molecule has 27 heavy (non-hydrogen) atoms. The van der Waals surface area contributed by atoms with Crippen LogP contribution >= 0.6 is 0 Å². The molecule has 0 spiro atoms. The van der Waals surface area contributed by atoms with Gasteiger partial charge < -0.3 is 21.7 Å². The molecule has 1 aliphatic heterocycles. The molecule has 4 rings (SSSR count). The minimum Gasteiger partial charge on any atom is -1.00 e. The summed E-state index contributed by atoms with van der Waals surface area (Å²) in [4.78, 5) is 12.8. The van der Waals surface area contributed by atoms with Gasteiger partial charge in [-0.1, -0.05) is 42.0 Å². The van der Waals surface area contributed by atoms with Gasteiger partial charge in [-0.05, 0) is 25.5 Å². The molecule has 3 aromatic rings. The number of ketones is 1. The number of carbonyl (C=O) groups is 1. The van der Waals surface area contributed by atoms with Gasteiger partial charge in [-0.25, -0.2) is 9.13 Å². The quantitative estimate of drug-likeness (QED) is 0.442. The van der Waals surface area contributed by atoms with E-state index in [0.29, 0.717) is 17.9 Å². The predicted molar refractivity (Wildman–Crippen MR) is 100 cm³/mol. The van der Waals surface area contributed by atoms with Crippen LogP contribution in [0, 0.1) is 6.92 Å². The first-order valence-electron chi connectivity index (χ1n) is 9.02. The van der Waals surface area contributed by atoms with Gasteiger partial charge >= 0.3 is 0 Å². The SMILES string of the molecule is COc1cccc(C(=O)C[n+]2cc(-c3ccc(C)cc3)n3c2CCC3)c1.[Br-]. The Balaban J connectivity index is 0.00000210. The zero-order valence-electron chi connectivity index (χ0n) is 15.6. The monoisotopic (exact) mass is 426 g/mol. The number of ether oxygens (including phenoxy) is 1. The molecule has 0 aliphatic carbocycles. The minimum atomic E-state index is 0. The summed E-state index contributed by atoms with van der Waals surface area (Å²) in [5.74, 6) is 2.05. The number of hydrogen-bond donors (Lipinski definition) is 0. The number of carbonyl (C=O) groups excluding carboxylic acids is 1. The minimum absolute atomic E-state index is 0. The average Bonchev–Trinajstić information content (AvgIpc) is 3.26. The summed E-state index contributed by atoms with van der Waals surface area (Å²) in [5.41, 5.74) is 4.33. The second-order valence-electron chi connectivity index (χ2n) is 6.83. The van der Waals surface area contributed by atoms with Gasteiger partial charge in [-0.3, -0.25) is 4.79 Å². The molecule has 5 heteroatoms. The summed E-state index contributed by atoms with van der Waals surface area (Å²) in [6.45, 7) is 3.46. The molecule has 1 aliphatic rings. The number of aromatic nitrogens is 2. The number of Topliss-reactive ketones (excluding diaryl/α,β-unsaturated/α-hetero) is 1. The first kappa shape index (κ1) is 19.4. The summed E-state index contributed by atoms with van der Waals surface area (Å²) in [7, 11) is 1.62. The van der Waals surface area contributed by atoms with Crippen LogP contribution in [0.2, 0.25) is 0 Å². The van der Waals surface area contributed by atoms with Gasteiger partial charge in [-0.2, -0.15) is 0 Å². The molecule has 0 bridgehead atoms. The molecule has 2 heterocycles. The molecule has 0 saturated carbocycles. The molecule has 0 unspecified atom stereocenters. The highest BCUT2D eigenvalue weighted by Gasteiger charge is 2.29. The molecular weight excluding hydrogens is 404 g/mol. The molecule has 0 saturated heterocycles. The predicted octanol–water partition coefficient (Wildman–Crippen LogP) is 0.593. The topological polar surface area (TPSA) is 35.1 Å². The van der Waals surface area contributed by atoms with Gasteiger partial charge in [0, 0.05) is 11.1 Å². The maximum atomic E-state index is 12.8. The zero-order valence-corrected chi connectivity index (χ0v) is 17.2. The van der Waals surface area contributed by atoms with Crippen LogP contribution in [0.4, 0.5) is 0 Å². The lowest BCUT2D eigenvalue weighted by atomic mass is 10.1. The number of fused-ring (bicyclic) bond motifs is 1. The van der Waals surface area contributed by atoms with Crippen LogP contribution in [0.3, 0.4) is 0 Å². The molecule has 2 aromatic carbocycles. The number of halogens is 1. The van der Waals surface area contributed by atoms with Gasteiger partial charge in [0.2, 0.25) is 5.78 Å². The maximum absolute atomic E-state index is 12.8. The Morgan fingerprint density at radius 2 is 1.96 bits per heavy atom. The molecule has 140 valence electrons. The standard InChI is InChI=1S/C22H23N2O2.BrH/c1-16-8-10-17(11-9-16)20-14-23(22-7-4-12-24(20)22)15-21(25)18-5-3-6-19(13-18)26-2;/h3,5-6,8-11,13-14H,4,7,12,15H2,1-2H3;1H/q+1;/p-1. The summed E-state index contributed by atoms with van der Waals surface area (Å²) >= 11 is 0. The van der Waals surface area contributed by atoms with E-state index in [2.05, 4.69) is 46.5 Å². The fraction of sp³-hybridized carbons (Fsp3) is 0.273. The normalized spacial score (nSPS) is 12.4. The number of methoxy groups -OCH3 is 1. The van der Waals surface area contributed by atoms with Gasteiger partial charge in [0.05, 0.1) is 20.1 Å². The van der Waals surface area contributed by atoms with E-state index >= 15 is 0 Å². The van der Waals surface area contributed by atoms with Gasteiger partial charge in [0.15, 0.2) is 12.2 Å². The van der Waals surface area contributed by atoms with Crippen molar-refractivity contribution in [3.63, 3.8) is 0 Å². The summed E-state index contributed by atoms with van der Waals surface area (Å²) < 4.78 is 9.70. The van der Waals surface area contributed by atoms with E-state index in [1.807, 2.05) is 18.2 Å². The van der Waals surface area contributed by atoms with E-state index in [4.69, 9.17) is 4.74 Å². The fourth-order valence-corrected chi connectivity index (χ4v) is 3.64. The molecule has 0 atom stereocenters. The van der Waals surface area contributed by atoms with Crippen molar-refractivity contribution in [2.75, 3.05) is 7.11 Å². The summed E-state index contributed by atoms with van der Waals surface area (Å²) in [5, 5.41) is 0. The van der Waals surface area contributed by atoms with E-state index in [9.17, 15) is 4.79 Å². The van der Waals surface area contributed by atoms with Crippen molar-refractivity contribution < 1.29 is 31.1 Å². The number of imidazole rings is 1. The lowest BCUT2D eigenvalue weighted by molar-refractivity contribution is -0.689. The third-order valence-electron chi connectivity index (χ3n) is 5.05. The van der Waals surface area contributed by atoms with E-state index in [0.717, 1.165) is 19.4 Å². The first-order chi connectivity index (χ1) is 12.7. The second kappa shape index (κ2) is 8.09. The van der Waals surface area contributed by atoms with Crippen molar-refractivity contribution in [3.05, 3.63) is 71.7 Å². The number of aryl methyl sites for hydroxylation is 1. The Morgan fingerprint density at radius 3 is 2.70 bits per heavy atom. The second-order valence-corrected chi connectivity index (χ2v) is 6.83. The Kier molecular flexibility index (Phi) is 5.80. The van der Waals surface area contributed by atoms with Crippen LogP contribution in [-0.4, -0.2) is 17.5 Å². The lowest BCUT2D eigenvalue weighted by Gasteiger charge is -2.03. The van der Waals surface area contributed by atoms with Crippen molar-refractivity contribution in [2.24, 2.45) is 0 Å². The Bertz CT molecular complexity index is 961. The number of rotatable bonds is 5. The average molecular weight is 427 g/mol. The molecule has 0 amide bonds. The van der Waals surface area contributed by atoms with E-state index in [1.54, 1.807) is 13.2 Å². The van der Waals surface area contributed by atoms with Gasteiger partial charge in [0.25, 0.3) is 5.82 Å². The Labute approximate surface area is 170 Å². The highest BCUT2D eigenvalue weighted by molar-refractivity contribution is 5.95. The van der Waals surface area contributed by atoms with Crippen LogP contribution in [0.1, 0.15) is 28.2 Å². The number of hydrogen-bond acceptors (Lipinski definition) is 2. The van der Waals surface area contributed by atoms with Crippen molar-refractivity contribution in [3.8, 4) is 17.0 Å². The van der Waals surface area contributed by atoms with Crippen LogP contribution in [0.25, 0.3) is 11.3 Å². The zero-order chi connectivity index (χ0) is 18.1. The van der Waals surface area contributed by atoms with Crippen molar-refractivity contribution in [1.82, 2.24) is 4.57 Å². The van der Waals surface area contributed by atoms with Crippen LogP contribution in [-0.2, 0) is 19.5 Å². The largest absolute Gasteiger partial charge is 1.00 e. The van der Waals surface area contributed by atoms with Crippen molar-refractivity contribution >= 4 is 5.78 Å². The molecular formula is C22H23BrN2O2. The van der Waals surface area contributed by atoms with E-state index in [-0.39, 0.29) is 22.8 Å². The number of nitrogens with zero attached hydrogens (tertiary/aromatic N) is 2. The van der Waals surface area contributed by atoms with E-state index < -0.39 is 0 Å². The smallest absolute Gasteiger partial charge is 0.257 e. The molecule has 4 nitrogen and oxygen atoms in total. The molecule has 0 radical (unpaired) electrons. The van der Waals surface area contributed by atoms with Crippen LogP contribution < -0.4 is 26.3 Å². The van der Waals surface area contributed by atoms with E-state index in [1.165, 1.54) is 22.6 Å². The third-order valence-corrected chi connectivity index (χ3v) is 5.05.